The van der Waals surface area contributed by atoms with E-state index >= 15 is 0 Å². The van der Waals surface area contributed by atoms with Crippen molar-refractivity contribution in [2.45, 2.75) is 6.04 Å². The van der Waals surface area contributed by atoms with Gasteiger partial charge in [-0.1, -0.05) is 64.5 Å². The summed E-state index contributed by atoms with van der Waals surface area (Å²) in [6.45, 7) is 3.02. The van der Waals surface area contributed by atoms with Crippen molar-refractivity contribution in [3.8, 4) is 0 Å². The van der Waals surface area contributed by atoms with Crippen LogP contribution >= 0.6 is 15.9 Å². The smallest absolute Gasteiger partial charge is 0.0615 e. The Kier molecular flexibility index (Phi) is 4.21. The van der Waals surface area contributed by atoms with E-state index in [1.54, 1.807) is 5.01 Å². The van der Waals surface area contributed by atoms with E-state index in [2.05, 4.69) is 80.7 Å². The van der Waals surface area contributed by atoms with Gasteiger partial charge in [0.2, 0.25) is 0 Å². The van der Waals surface area contributed by atoms with Crippen LogP contribution in [-0.4, -0.2) is 36.1 Å². The van der Waals surface area contributed by atoms with Crippen LogP contribution in [0.4, 0.5) is 0 Å². The van der Waals surface area contributed by atoms with Crippen LogP contribution < -0.4 is 0 Å². The summed E-state index contributed by atoms with van der Waals surface area (Å²) in [4.78, 5) is 13.2. The van der Waals surface area contributed by atoms with E-state index < -0.39 is 0 Å². The third-order valence-electron chi connectivity index (χ3n) is 4.86. The summed E-state index contributed by atoms with van der Waals surface area (Å²) in [6, 6.07) is 17.3. The molecule has 0 spiro atoms. The van der Waals surface area contributed by atoms with Crippen LogP contribution in [0.1, 0.15) is 28.3 Å². The zero-order valence-corrected chi connectivity index (χ0v) is 14.8. The molecule has 0 radical (unpaired) electrons. The zero-order valence-electron chi connectivity index (χ0n) is 13.2. The van der Waals surface area contributed by atoms with Crippen molar-refractivity contribution in [3.05, 3.63) is 75.7 Å². The second-order valence-electron chi connectivity index (χ2n) is 6.18. The Labute approximate surface area is 149 Å². The minimum absolute atomic E-state index is 0.192. The number of nitrogens with zero attached hydrogens (tertiary/aromatic N) is 3. The van der Waals surface area contributed by atoms with Gasteiger partial charge in [-0.15, -0.1) is 4.91 Å². The van der Waals surface area contributed by atoms with Gasteiger partial charge in [-0.2, -0.15) is 0 Å². The molecule has 0 saturated carbocycles. The van der Waals surface area contributed by atoms with Crippen LogP contribution in [0.15, 0.2) is 53.8 Å². The summed E-state index contributed by atoms with van der Waals surface area (Å²) < 4.78 is 1.11. The molecule has 2 aliphatic rings. The molecule has 0 N–H and O–H groups in total. The van der Waals surface area contributed by atoms with Gasteiger partial charge in [-0.05, 0) is 28.3 Å². The second-order valence-corrected chi connectivity index (χ2v) is 7.04. The first kappa shape index (κ1) is 15.5. The van der Waals surface area contributed by atoms with E-state index in [1.165, 1.54) is 22.3 Å². The number of benzene rings is 2. The van der Waals surface area contributed by atoms with Gasteiger partial charge in [0.05, 0.1) is 24.4 Å². The third kappa shape index (κ3) is 2.68. The highest BCUT2D eigenvalue weighted by Gasteiger charge is 2.30. The molecular weight excluding hydrogens is 366 g/mol. The van der Waals surface area contributed by atoms with Crippen molar-refractivity contribution < 1.29 is 0 Å². The normalized spacial score (nSPS) is 20.6. The van der Waals surface area contributed by atoms with Gasteiger partial charge in [-0.25, -0.2) is 0 Å². The highest BCUT2D eigenvalue weighted by Crippen LogP contribution is 2.41. The summed E-state index contributed by atoms with van der Waals surface area (Å²) >= 11 is 3.76. The number of piperazine rings is 1. The molecule has 2 aromatic carbocycles. The van der Waals surface area contributed by atoms with Crippen LogP contribution in [-0.2, 0) is 0 Å². The number of halogens is 1. The fourth-order valence-electron chi connectivity index (χ4n) is 3.67. The summed E-state index contributed by atoms with van der Waals surface area (Å²) in [5, 5.41) is 4.70. The van der Waals surface area contributed by atoms with Crippen molar-refractivity contribution in [2.24, 2.45) is 5.29 Å². The summed E-state index contributed by atoms with van der Waals surface area (Å²) in [7, 11) is 0. The lowest BCUT2D eigenvalue weighted by atomic mass is 9.92. The van der Waals surface area contributed by atoms with Gasteiger partial charge < -0.3 is 0 Å². The molecule has 0 bridgehead atoms. The first-order chi connectivity index (χ1) is 11.8. The van der Waals surface area contributed by atoms with Crippen LogP contribution in [0.2, 0.25) is 0 Å². The Bertz CT molecular complexity index is 797. The molecule has 1 aliphatic carbocycles. The van der Waals surface area contributed by atoms with Gasteiger partial charge in [0, 0.05) is 17.6 Å². The number of rotatable bonds is 2. The van der Waals surface area contributed by atoms with Crippen molar-refractivity contribution in [2.75, 3.05) is 26.2 Å². The van der Waals surface area contributed by atoms with Gasteiger partial charge in [0.1, 0.15) is 0 Å². The summed E-state index contributed by atoms with van der Waals surface area (Å²) in [5.41, 5.74) is 5.08. The van der Waals surface area contributed by atoms with Crippen LogP contribution in [0.5, 0.6) is 0 Å². The van der Waals surface area contributed by atoms with Gasteiger partial charge in [-0.3, -0.25) is 9.91 Å². The second kappa shape index (κ2) is 6.49. The molecule has 1 fully saturated rings. The van der Waals surface area contributed by atoms with E-state index in [0.717, 1.165) is 17.6 Å². The minimum Gasteiger partial charge on any atom is -0.289 e. The monoisotopic (exact) mass is 383 g/mol. The molecule has 1 heterocycles. The Balaban J connectivity index is 1.82. The number of hydrogen-bond acceptors (Lipinski definition) is 3. The molecule has 1 unspecified atom stereocenters. The largest absolute Gasteiger partial charge is 0.289 e. The molecule has 1 saturated heterocycles. The molecular formula is C19H18BrN3O. The van der Waals surface area contributed by atoms with Crippen molar-refractivity contribution in [1.29, 1.82) is 0 Å². The summed E-state index contributed by atoms with van der Waals surface area (Å²) in [6.07, 6.45) is 2.21. The molecule has 5 heteroatoms. The Morgan fingerprint density at radius 3 is 2.33 bits per heavy atom. The fraction of sp³-hybridized carbons (Fsp3) is 0.263. The number of nitroso groups, excluding NO2 is 1. The molecule has 122 valence electrons. The first-order valence-corrected chi connectivity index (χ1v) is 8.95. The highest BCUT2D eigenvalue weighted by molar-refractivity contribution is 9.15. The highest BCUT2D eigenvalue weighted by atomic mass is 79.9. The molecule has 1 aliphatic heterocycles. The lowest BCUT2D eigenvalue weighted by Gasteiger charge is -2.38. The molecule has 4 rings (SSSR count). The van der Waals surface area contributed by atoms with Crippen molar-refractivity contribution >= 4 is 26.5 Å². The van der Waals surface area contributed by atoms with Crippen LogP contribution in [0, 0.1) is 4.91 Å². The SMILES string of the molecule is O=NN1CCN(C2c3ccccc3C=C(Br)c3ccccc32)CC1. The third-order valence-corrected chi connectivity index (χ3v) is 5.51. The topological polar surface area (TPSA) is 35.9 Å². The first-order valence-electron chi connectivity index (χ1n) is 8.15. The molecule has 2 aromatic rings. The molecule has 1 atom stereocenters. The molecule has 0 amide bonds. The predicted octanol–water partition coefficient (Wildman–Crippen LogP) is 4.28. The standard InChI is InChI=1S/C19H18BrN3O/c20-18-13-14-5-1-2-6-15(14)19(17-8-4-3-7-16(17)18)22-9-11-23(21-24)12-10-22/h1-8,13,19H,9-12H2. The zero-order chi connectivity index (χ0) is 16.5. The van der Waals surface area contributed by atoms with Gasteiger partial charge in [0.25, 0.3) is 0 Å². The Morgan fingerprint density at radius 1 is 0.917 bits per heavy atom. The average molecular weight is 384 g/mol. The maximum absolute atomic E-state index is 10.8. The van der Waals surface area contributed by atoms with Crippen LogP contribution in [0.25, 0.3) is 10.6 Å². The van der Waals surface area contributed by atoms with E-state index in [1.807, 2.05) is 0 Å². The van der Waals surface area contributed by atoms with E-state index in [4.69, 9.17) is 0 Å². The summed E-state index contributed by atoms with van der Waals surface area (Å²) in [5.74, 6) is 0. The number of fused-ring (bicyclic) bond motifs is 2. The molecule has 0 aromatic heterocycles. The average Bonchev–Trinajstić information content (AvgIpc) is 2.76. The van der Waals surface area contributed by atoms with Crippen molar-refractivity contribution in [1.82, 2.24) is 9.91 Å². The molecule has 4 nitrogen and oxygen atoms in total. The lowest BCUT2D eigenvalue weighted by molar-refractivity contribution is 0.111. The Hall–Kier alpha value is -1.98. The lowest BCUT2D eigenvalue weighted by Crippen LogP contribution is -2.45. The minimum atomic E-state index is 0.192. The maximum atomic E-state index is 10.8. The van der Waals surface area contributed by atoms with Crippen LogP contribution in [0.3, 0.4) is 0 Å². The van der Waals surface area contributed by atoms with E-state index in [0.29, 0.717) is 13.1 Å². The predicted molar refractivity (Wildman–Crippen MR) is 100 cm³/mol. The van der Waals surface area contributed by atoms with Crippen molar-refractivity contribution in [3.63, 3.8) is 0 Å². The van der Waals surface area contributed by atoms with E-state index in [9.17, 15) is 4.91 Å². The number of hydrogen-bond donors (Lipinski definition) is 0. The quantitative estimate of drug-likeness (QED) is 0.725. The fourth-order valence-corrected chi connectivity index (χ4v) is 4.28. The Morgan fingerprint density at radius 2 is 1.58 bits per heavy atom. The van der Waals surface area contributed by atoms with Gasteiger partial charge >= 0.3 is 0 Å². The maximum Gasteiger partial charge on any atom is 0.0615 e. The molecule has 24 heavy (non-hydrogen) atoms. The van der Waals surface area contributed by atoms with Gasteiger partial charge in [0.15, 0.2) is 0 Å². The van der Waals surface area contributed by atoms with E-state index in [-0.39, 0.29) is 6.04 Å².